The first kappa shape index (κ1) is 16.8. The minimum absolute atomic E-state index is 0.0169. The first-order valence-electron chi connectivity index (χ1n) is 8.77. The lowest BCUT2D eigenvalue weighted by Crippen LogP contribution is -2.37. The molecular formula is C20H20ClF2NO. The fourth-order valence-corrected chi connectivity index (χ4v) is 4.18. The fraction of sp³-hybridized carbons (Fsp3) is 0.400. The molecule has 25 heavy (non-hydrogen) atoms. The molecule has 2 aliphatic heterocycles. The average molecular weight is 364 g/mol. The third-order valence-electron chi connectivity index (χ3n) is 5.10. The van der Waals surface area contributed by atoms with Crippen LogP contribution in [0.4, 0.5) is 8.78 Å². The standard InChI is InChI=1S/C20H20ClF2NO/c1-2-3-11-6-12(19-16(22)8-13(21)9-17(19)23)7-14-15-10-24-5-4-18(15)25-20(11)14/h6-9,15,18,24H,2-5,10H2,1H3/t15-,18-/m0/s1. The third kappa shape index (κ3) is 2.91. The van der Waals surface area contributed by atoms with Gasteiger partial charge >= 0.3 is 0 Å². The number of hydrogen-bond acceptors (Lipinski definition) is 2. The number of aryl methyl sites for hydroxylation is 1. The van der Waals surface area contributed by atoms with Crippen LogP contribution in [0, 0.1) is 11.6 Å². The molecule has 1 saturated heterocycles. The maximum atomic E-state index is 14.4. The van der Waals surface area contributed by atoms with Crippen LogP contribution in [-0.2, 0) is 6.42 Å². The minimum Gasteiger partial charge on any atom is -0.489 e. The number of rotatable bonds is 3. The number of ether oxygens (including phenoxy) is 1. The van der Waals surface area contributed by atoms with Crippen LogP contribution in [0.2, 0.25) is 5.02 Å². The highest BCUT2D eigenvalue weighted by molar-refractivity contribution is 6.30. The molecule has 0 aromatic heterocycles. The van der Waals surface area contributed by atoms with Gasteiger partial charge in [0.1, 0.15) is 23.5 Å². The zero-order valence-electron chi connectivity index (χ0n) is 14.0. The second kappa shape index (κ2) is 6.58. The van der Waals surface area contributed by atoms with Crippen molar-refractivity contribution >= 4 is 11.6 Å². The molecule has 1 N–H and O–H groups in total. The van der Waals surface area contributed by atoms with Gasteiger partial charge in [0.15, 0.2) is 0 Å². The molecule has 132 valence electrons. The van der Waals surface area contributed by atoms with Gasteiger partial charge in [0.25, 0.3) is 0 Å². The molecule has 0 spiro atoms. The van der Waals surface area contributed by atoms with Gasteiger partial charge in [-0.15, -0.1) is 0 Å². The second-order valence-electron chi connectivity index (χ2n) is 6.80. The van der Waals surface area contributed by atoms with Gasteiger partial charge in [0.2, 0.25) is 0 Å². The van der Waals surface area contributed by atoms with E-state index in [1.54, 1.807) is 0 Å². The lowest BCUT2D eigenvalue weighted by Gasteiger charge is -2.24. The van der Waals surface area contributed by atoms with Gasteiger partial charge in [-0.3, -0.25) is 0 Å². The molecule has 5 heteroatoms. The van der Waals surface area contributed by atoms with Crippen LogP contribution in [0.3, 0.4) is 0 Å². The van der Waals surface area contributed by atoms with E-state index in [2.05, 4.69) is 12.2 Å². The van der Waals surface area contributed by atoms with E-state index in [9.17, 15) is 8.78 Å². The molecule has 0 amide bonds. The average Bonchev–Trinajstić information content (AvgIpc) is 2.93. The number of benzene rings is 2. The Balaban J connectivity index is 1.87. The minimum atomic E-state index is -0.635. The zero-order valence-corrected chi connectivity index (χ0v) is 14.8. The molecule has 2 heterocycles. The molecule has 0 bridgehead atoms. The quantitative estimate of drug-likeness (QED) is 0.821. The van der Waals surface area contributed by atoms with E-state index in [4.69, 9.17) is 16.3 Å². The highest BCUT2D eigenvalue weighted by Gasteiger charge is 2.38. The summed E-state index contributed by atoms with van der Waals surface area (Å²) in [4.78, 5) is 0. The molecule has 2 atom stereocenters. The van der Waals surface area contributed by atoms with Crippen molar-refractivity contribution in [3.05, 3.63) is 52.0 Å². The normalized spacial score (nSPS) is 21.6. The Kier molecular flexibility index (Phi) is 4.42. The van der Waals surface area contributed by atoms with Crippen LogP contribution in [0.25, 0.3) is 11.1 Å². The molecule has 0 radical (unpaired) electrons. The Morgan fingerprint density at radius 2 is 1.96 bits per heavy atom. The van der Waals surface area contributed by atoms with Crippen LogP contribution in [-0.4, -0.2) is 19.2 Å². The zero-order chi connectivity index (χ0) is 17.6. The monoisotopic (exact) mass is 363 g/mol. The van der Waals surface area contributed by atoms with Crippen LogP contribution in [0.15, 0.2) is 24.3 Å². The maximum Gasteiger partial charge on any atom is 0.135 e. The van der Waals surface area contributed by atoms with E-state index in [1.165, 1.54) is 0 Å². The molecule has 4 rings (SSSR count). The van der Waals surface area contributed by atoms with Crippen molar-refractivity contribution in [2.24, 2.45) is 0 Å². The van der Waals surface area contributed by atoms with Gasteiger partial charge in [-0.1, -0.05) is 24.9 Å². The lowest BCUT2D eigenvalue weighted by molar-refractivity contribution is 0.171. The topological polar surface area (TPSA) is 21.3 Å². The summed E-state index contributed by atoms with van der Waals surface area (Å²) in [5, 5.41) is 3.46. The van der Waals surface area contributed by atoms with E-state index in [0.717, 1.165) is 61.4 Å². The predicted molar refractivity (Wildman–Crippen MR) is 95.4 cm³/mol. The Morgan fingerprint density at radius 3 is 2.68 bits per heavy atom. The molecule has 2 nitrogen and oxygen atoms in total. The molecule has 2 aromatic rings. The van der Waals surface area contributed by atoms with Gasteiger partial charge in [0, 0.05) is 23.0 Å². The van der Waals surface area contributed by atoms with Crippen molar-refractivity contribution in [3.63, 3.8) is 0 Å². The van der Waals surface area contributed by atoms with E-state index < -0.39 is 11.6 Å². The van der Waals surface area contributed by atoms with Crippen molar-refractivity contribution in [1.82, 2.24) is 5.32 Å². The van der Waals surface area contributed by atoms with Gasteiger partial charge < -0.3 is 10.1 Å². The first-order valence-corrected chi connectivity index (χ1v) is 9.15. The van der Waals surface area contributed by atoms with Crippen LogP contribution < -0.4 is 10.1 Å². The number of hydrogen-bond donors (Lipinski definition) is 1. The van der Waals surface area contributed by atoms with E-state index in [0.29, 0.717) is 5.56 Å². The van der Waals surface area contributed by atoms with Gasteiger partial charge in [-0.2, -0.15) is 0 Å². The smallest absolute Gasteiger partial charge is 0.135 e. The highest BCUT2D eigenvalue weighted by atomic mass is 35.5. The van der Waals surface area contributed by atoms with Crippen molar-refractivity contribution in [2.45, 2.75) is 38.2 Å². The summed E-state index contributed by atoms with van der Waals surface area (Å²) in [6.07, 6.45) is 2.87. The van der Waals surface area contributed by atoms with Gasteiger partial charge in [-0.25, -0.2) is 8.78 Å². The molecule has 0 saturated carbocycles. The predicted octanol–water partition coefficient (Wildman–Crippen LogP) is 5.08. The van der Waals surface area contributed by atoms with Gasteiger partial charge in [-0.05, 0) is 54.8 Å². The van der Waals surface area contributed by atoms with Crippen molar-refractivity contribution in [3.8, 4) is 16.9 Å². The van der Waals surface area contributed by atoms with Crippen molar-refractivity contribution in [2.75, 3.05) is 13.1 Å². The molecule has 2 aromatic carbocycles. The van der Waals surface area contributed by atoms with E-state index in [1.807, 2.05) is 12.1 Å². The van der Waals surface area contributed by atoms with E-state index >= 15 is 0 Å². The Morgan fingerprint density at radius 1 is 1.20 bits per heavy atom. The largest absolute Gasteiger partial charge is 0.489 e. The summed E-state index contributed by atoms with van der Waals surface area (Å²) < 4.78 is 35.1. The summed E-state index contributed by atoms with van der Waals surface area (Å²) in [5.74, 6) is -0.119. The van der Waals surface area contributed by atoms with Crippen molar-refractivity contribution < 1.29 is 13.5 Å². The molecule has 0 aliphatic carbocycles. The number of piperidine rings is 1. The lowest BCUT2D eigenvalue weighted by atomic mass is 9.87. The summed E-state index contributed by atoms with van der Waals surface area (Å²) in [6.45, 7) is 3.86. The van der Waals surface area contributed by atoms with Crippen molar-refractivity contribution in [1.29, 1.82) is 0 Å². The Labute approximate surface area is 151 Å². The Bertz CT molecular complexity index is 801. The third-order valence-corrected chi connectivity index (χ3v) is 5.32. The van der Waals surface area contributed by atoms with Crippen LogP contribution >= 0.6 is 11.6 Å². The maximum absolute atomic E-state index is 14.4. The number of nitrogens with one attached hydrogen (secondary N) is 1. The Hall–Kier alpha value is -1.65. The fourth-order valence-electron chi connectivity index (χ4n) is 3.99. The number of fused-ring (bicyclic) bond motifs is 3. The molecule has 1 fully saturated rings. The summed E-state index contributed by atoms with van der Waals surface area (Å²) in [7, 11) is 0. The summed E-state index contributed by atoms with van der Waals surface area (Å²) in [6, 6.07) is 6.08. The van der Waals surface area contributed by atoms with Crippen LogP contribution in [0.1, 0.15) is 36.8 Å². The van der Waals surface area contributed by atoms with Crippen LogP contribution in [0.5, 0.6) is 5.75 Å². The second-order valence-corrected chi connectivity index (χ2v) is 7.24. The summed E-state index contributed by atoms with van der Waals surface area (Å²) in [5.41, 5.74) is 2.63. The van der Waals surface area contributed by atoms with E-state index in [-0.39, 0.29) is 22.6 Å². The SMILES string of the molecule is CCCc1cc(-c2c(F)cc(Cl)cc2F)cc2c1O[C@H]1CCNC[C@@H]21. The summed E-state index contributed by atoms with van der Waals surface area (Å²) >= 11 is 5.77. The molecular weight excluding hydrogens is 344 g/mol. The molecule has 0 unspecified atom stereocenters. The highest BCUT2D eigenvalue weighted by Crippen LogP contribution is 2.46. The number of halogens is 3. The van der Waals surface area contributed by atoms with Gasteiger partial charge in [0.05, 0.1) is 5.56 Å². The molecule has 2 aliphatic rings. The first-order chi connectivity index (χ1) is 12.1.